The van der Waals surface area contributed by atoms with Crippen molar-refractivity contribution < 1.29 is 5.11 Å². The van der Waals surface area contributed by atoms with E-state index in [-0.39, 0.29) is 6.61 Å². The normalized spacial score (nSPS) is 19.1. The van der Waals surface area contributed by atoms with E-state index in [2.05, 4.69) is 72.5 Å². The molecule has 1 aromatic heterocycles. The number of aliphatic hydroxyl groups is 1. The van der Waals surface area contributed by atoms with Crippen LogP contribution in [0.25, 0.3) is 0 Å². The molecule has 1 fully saturated rings. The Bertz CT molecular complexity index is 725. The number of rotatable bonds is 7. The Balaban J connectivity index is 1.68. The molecule has 1 aliphatic heterocycles. The monoisotopic (exact) mass is 370 g/mol. The summed E-state index contributed by atoms with van der Waals surface area (Å²) in [6.07, 6.45) is 0.826. The minimum Gasteiger partial charge on any atom is -0.396 e. The van der Waals surface area contributed by atoms with E-state index in [0.717, 1.165) is 44.8 Å². The maximum Gasteiger partial charge on any atom is 0.0641 e. The first-order chi connectivity index (χ1) is 13.0. The van der Waals surface area contributed by atoms with E-state index in [1.165, 1.54) is 16.8 Å². The van der Waals surface area contributed by atoms with Gasteiger partial charge in [-0.1, -0.05) is 30.3 Å². The number of aryl methyl sites for hydroxylation is 1. The molecule has 1 aliphatic rings. The Morgan fingerprint density at radius 2 is 1.85 bits per heavy atom. The van der Waals surface area contributed by atoms with Crippen LogP contribution in [0.15, 0.2) is 30.3 Å². The average Bonchev–Trinajstić information content (AvgIpc) is 2.93. The number of benzene rings is 1. The summed E-state index contributed by atoms with van der Waals surface area (Å²) >= 11 is 0. The van der Waals surface area contributed by atoms with Crippen LogP contribution in [0.5, 0.6) is 0 Å². The molecular formula is C22H34N4O. The van der Waals surface area contributed by atoms with E-state index < -0.39 is 0 Å². The minimum atomic E-state index is 0.243. The van der Waals surface area contributed by atoms with Crippen molar-refractivity contribution in [3.63, 3.8) is 0 Å². The molecule has 1 N–H and O–H groups in total. The first-order valence-electron chi connectivity index (χ1n) is 10.1. The van der Waals surface area contributed by atoms with Crippen molar-refractivity contribution in [2.24, 2.45) is 0 Å². The lowest BCUT2D eigenvalue weighted by molar-refractivity contribution is 0.0498. The molecule has 3 rings (SSSR count). The second-order valence-electron chi connectivity index (χ2n) is 8.04. The highest BCUT2D eigenvalue weighted by Crippen LogP contribution is 2.22. The van der Waals surface area contributed by atoms with Gasteiger partial charge in [0.15, 0.2) is 0 Å². The van der Waals surface area contributed by atoms with Gasteiger partial charge in [0.2, 0.25) is 0 Å². The van der Waals surface area contributed by atoms with Gasteiger partial charge >= 0.3 is 0 Å². The number of hydrogen-bond donors (Lipinski definition) is 1. The second-order valence-corrected chi connectivity index (χ2v) is 8.04. The molecule has 0 unspecified atom stereocenters. The van der Waals surface area contributed by atoms with Gasteiger partial charge in [-0.25, -0.2) is 0 Å². The fourth-order valence-corrected chi connectivity index (χ4v) is 4.20. The third-order valence-electron chi connectivity index (χ3n) is 5.73. The van der Waals surface area contributed by atoms with Crippen molar-refractivity contribution in [3.8, 4) is 0 Å². The van der Waals surface area contributed by atoms with Crippen LogP contribution in [0.4, 0.5) is 0 Å². The van der Waals surface area contributed by atoms with Crippen LogP contribution in [0.2, 0.25) is 0 Å². The molecular weight excluding hydrogens is 336 g/mol. The van der Waals surface area contributed by atoms with Crippen molar-refractivity contribution in [2.75, 3.05) is 26.2 Å². The average molecular weight is 371 g/mol. The van der Waals surface area contributed by atoms with E-state index in [9.17, 15) is 5.11 Å². The standard InChI is InChI=1S/C22H34N4O/c1-17(2)26-19(4)22(18(3)23-26)16-24-11-12-25(21(15-24)10-13-27)14-20-8-6-5-7-9-20/h5-9,17,21,27H,10-16H2,1-4H3/t21-/m1/s1. The Kier molecular flexibility index (Phi) is 6.68. The fourth-order valence-electron chi connectivity index (χ4n) is 4.20. The smallest absolute Gasteiger partial charge is 0.0641 e. The van der Waals surface area contributed by atoms with E-state index in [4.69, 9.17) is 5.10 Å². The summed E-state index contributed by atoms with van der Waals surface area (Å²) in [5.41, 5.74) is 5.14. The van der Waals surface area contributed by atoms with E-state index in [0.29, 0.717) is 12.1 Å². The lowest BCUT2D eigenvalue weighted by Gasteiger charge is -2.41. The molecule has 0 amide bonds. The largest absolute Gasteiger partial charge is 0.396 e. The number of piperazine rings is 1. The van der Waals surface area contributed by atoms with Crippen molar-refractivity contribution in [2.45, 2.75) is 59.3 Å². The van der Waals surface area contributed by atoms with Gasteiger partial charge in [0.1, 0.15) is 0 Å². The Labute approximate surface area is 163 Å². The van der Waals surface area contributed by atoms with Gasteiger partial charge < -0.3 is 5.11 Å². The maximum atomic E-state index is 9.57. The summed E-state index contributed by atoms with van der Waals surface area (Å²) in [6, 6.07) is 11.4. The summed E-state index contributed by atoms with van der Waals surface area (Å²) in [4.78, 5) is 5.06. The van der Waals surface area contributed by atoms with E-state index in [1.54, 1.807) is 0 Å². The number of aliphatic hydroxyl groups excluding tert-OH is 1. The van der Waals surface area contributed by atoms with Crippen LogP contribution >= 0.6 is 0 Å². The summed E-state index contributed by atoms with van der Waals surface area (Å²) in [6.45, 7) is 13.9. The topological polar surface area (TPSA) is 44.5 Å². The van der Waals surface area contributed by atoms with Crippen molar-refractivity contribution in [1.29, 1.82) is 0 Å². The molecule has 0 bridgehead atoms. The van der Waals surface area contributed by atoms with E-state index >= 15 is 0 Å². The molecule has 0 spiro atoms. The highest BCUT2D eigenvalue weighted by Gasteiger charge is 2.28. The molecule has 2 aromatic rings. The first kappa shape index (κ1) is 20.1. The minimum absolute atomic E-state index is 0.243. The highest BCUT2D eigenvalue weighted by molar-refractivity contribution is 5.25. The molecule has 5 heteroatoms. The van der Waals surface area contributed by atoms with Crippen LogP contribution < -0.4 is 0 Å². The molecule has 148 valence electrons. The van der Waals surface area contributed by atoms with Crippen molar-refractivity contribution >= 4 is 0 Å². The molecule has 1 aromatic carbocycles. The summed E-state index contributed by atoms with van der Waals surface area (Å²) in [5.74, 6) is 0. The van der Waals surface area contributed by atoms with Gasteiger partial charge in [-0.3, -0.25) is 14.5 Å². The van der Waals surface area contributed by atoms with Crippen LogP contribution in [-0.2, 0) is 13.1 Å². The summed E-state index contributed by atoms with van der Waals surface area (Å²) < 4.78 is 2.14. The summed E-state index contributed by atoms with van der Waals surface area (Å²) in [7, 11) is 0. The zero-order valence-electron chi connectivity index (χ0n) is 17.2. The third-order valence-corrected chi connectivity index (χ3v) is 5.73. The Hall–Kier alpha value is -1.69. The van der Waals surface area contributed by atoms with Crippen LogP contribution in [0.3, 0.4) is 0 Å². The molecule has 27 heavy (non-hydrogen) atoms. The van der Waals surface area contributed by atoms with Gasteiger partial charge in [-0.05, 0) is 39.7 Å². The van der Waals surface area contributed by atoms with Crippen molar-refractivity contribution in [3.05, 3.63) is 52.8 Å². The molecule has 1 atom stereocenters. The van der Waals surface area contributed by atoms with Gasteiger partial charge in [0.05, 0.1) is 5.69 Å². The molecule has 2 heterocycles. The Morgan fingerprint density at radius 1 is 1.11 bits per heavy atom. The SMILES string of the molecule is Cc1nn(C(C)C)c(C)c1CN1CCN(Cc2ccccc2)[C@H](CCO)C1. The predicted octanol–water partition coefficient (Wildman–Crippen LogP) is 3.15. The van der Waals surface area contributed by atoms with Gasteiger partial charge in [0.25, 0.3) is 0 Å². The molecule has 0 radical (unpaired) electrons. The van der Waals surface area contributed by atoms with Crippen LogP contribution in [0, 0.1) is 13.8 Å². The first-order valence-corrected chi connectivity index (χ1v) is 10.1. The number of aromatic nitrogens is 2. The molecule has 5 nitrogen and oxygen atoms in total. The van der Waals surface area contributed by atoms with Crippen LogP contribution in [-0.4, -0.2) is 57.0 Å². The lowest BCUT2D eigenvalue weighted by Crippen LogP contribution is -2.52. The zero-order valence-corrected chi connectivity index (χ0v) is 17.2. The number of hydrogen-bond acceptors (Lipinski definition) is 4. The molecule has 0 aliphatic carbocycles. The van der Waals surface area contributed by atoms with Crippen molar-refractivity contribution in [1.82, 2.24) is 19.6 Å². The van der Waals surface area contributed by atoms with Crippen LogP contribution in [0.1, 0.15) is 48.8 Å². The molecule has 0 saturated carbocycles. The number of nitrogens with zero attached hydrogens (tertiary/aromatic N) is 4. The van der Waals surface area contributed by atoms with Gasteiger partial charge in [0, 0.05) is 62.7 Å². The lowest BCUT2D eigenvalue weighted by atomic mass is 10.1. The third kappa shape index (κ3) is 4.78. The summed E-state index contributed by atoms with van der Waals surface area (Å²) in [5, 5.41) is 14.3. The van der Waals surface area contributed by atoms with Gasteiger partial charge in [-0.2, -0.15) is 5.10 Å². The maximum absolute atomic E-state index is 9.57. The quantitative estimate of drug-likeness (QED) is 0.813. The van der Waals surface area contributed by atoms with E-state index in [1.807, 2.05) is 0 Å². The second kappa shape index (κ2) is 9.00. The van der Waals surface area contributed by atoms with Gasteiger partial charge in [-0.15, -0.1) is 0 Å². The zero-order chi connectivity index (χ0) is 19.4. The highest BCUT2D eigenvalue weighted by atomic mass is 16.3. The predicted molar refractivity (Wildman–Crippen MR) is 110 cm³/mol. The Morgan fingerprint density at radius 3 is 2.48 bits per heavy atom. The fraction of sp³-hybridized carbons (Fsp3) is 0.591. The molecule has 1 saturated heterocycles.